The Morgan fingerprint density at radius 3 is 2.83 bits per heavy atom. The Balaban J connectivity index is 2.01. The summed E-state index contributed by atoms with van der Waals surface area (Å²) in [6.07, 6.45) is 3.78. The van der Waals surface area contributed by atoms with Crippen molar-refractivity contribution in [1.29, 1.82) is 0 Å². The summed E-state index contributed by atoms with van der Waals surface area (Å²) in [5.74, 6) is 1.12. The lowest BCUT2D eigenvalue weighted by Gasteiger charge is -2.28. The van der Waals surface area contributed by atoms with Gasteiger partial charge in [0.1, 0.15) is 11.5 Å². The first-order valence-electron chi connectivity index (χ1n) is 6.62. The zero-order valence-electron chi connectivity index (χ0n) is 11.5. The zero-order valence-corrected chi connectivity index (χ0v) is 11.5. The lowest BCUT2D eigenvalue weighted by atomic mass is 9.87. The van der Waals surface area contributed by atoms with E-state index in [1.54, 1.807) is 19.2 Å². The summed E-state index contributed by atoms with van der Waals surface area (Å²) in [6.45, 7) is 5.31. The van der Waals surface area contributed by atoms with Gasteiger partial charge in [0.25, 0.3) is 0 Å². The fourth-order valence-electron chi connectivity index (χ4n) is 2.77. The molecule has 3 nitrogen and oxygen atoms in total. The smallest absolute Gasteiger partial charge is 0.120 e. The van der Waals surface area contributed by atoms with Gasteiger partial charge in [-0.25, -0.2) is 0 Å². The van der Waals surface area contributed by atoms with Gasteiger partial charge in [0.15, 0.2) is 0 Å². The van der Waals surface area contributed by atoms with E-state index in [2.05, 4.69) is 19.2 Å². The molecule has 1 aromatic rings. The van der Waals surface area contributed by atoms with Gasteiger partial charge >= 0.3 is 0 Å². The average molecular weight is 249 g/mol. The average Bonchev–Trinajstić information content (AvgIpc) is 2.67. The largest absolute Gasteiger partial charge is 0.508 e. The molecule has 0 aromatic heterocycles. The number of hydrogen-bond donors (Lipinski definition) is 2. The van der Waals surface area contributed by atoms with Crippen molar-refractivity contribution >= 4 is 0 Å². The third kappa shape index (κ3) is 2.78. The third-order valence-corrected chi connectivity index (χ3v) is 4.08. The molecule has 3 heteroatoms. The SMILES string of the molecule is COc1ccc(O)c(CNC2CCCC2(C)C)c1. The summed E-state index contributed by atoms with van der Waals surface area (Å²) >= 11 is 0. The van der Waals surface area contributed by atoms with Crippen LogP contribution in [-0.2, 0) is 6.54 Å². The molecular weight excluding hydrogens is 226 g/mol. The maximum absolute atomic E-state index is 9.84. The molecule has 1 saturated carbocycles. The number of methoxy groups -OCH3 is 1. The number of aromatic hydroxyl groups is 1. The van der Waals surface area contributed by atoms with Crippen LogP contribution < -0.4 is 10.1 Å². The van der Waals surface area contributed by atoms with Crippen LogP contribution in [0.15, 0.2) is 18.2 Å². The van der Waals surface area contributed by atoms with Crippen LogP contribution in [0, 0.1) is 5.41 Å². The van der Waals surface area contributed by atoms with Crippen molar-refractivity contribution in [1.82, 2.24) is 5.32 Å². The van der Waals surface area contributed by atoms with Crippen LogP contribution in [0.25, 0.3) is 0 Å². The summed E-state index contributed by atoms with van der Waals surface area (Å²) in [7, 11) is 1.64. The second-order valence-corrected chi connectivity index (χ2v) is 5.81. The van der Waals surface area contributed by atoms with Crippen LogP contribution in [0.2, 0.25) is 0 Å². The van der Waals surface area contributed by atoms with Gasteiger partial charge in [-0.05, 0) is 36.5 Å². The van der Waals surface area contributed by atoms with Gasteiger partial charge in [0, 0.05) is 18.2 Å². The van der Waals surface area contributed by atoms with Gasteiger partial charge in [0.2, 0.25) is 0 Å². The molecule has 2 rings (SSSR count). The minimum atomic E-state index is 0.333. The van der Waals surface area contributed by atoms with E-state index in [0.29, 0.717) is 23.8 Å². The highest BCUT2D eigenvalue weighted by molar-refractivity contribution is 5.39. The molecule has 1 aliphatic carbocycles. The first kappa shape index (κ1) is 13.2. The summed E-state index contributed by atoms with van der Waals surface area (Å²) in [6, 6.07) is 5.89. The summed E-state index contributed by atoms with van der Waals surface area (Å²) in [5, 5.41) is 13.4. The molecule has 1 aliphatic rings. The van der Waals surface area contributed by atoms with Gasteiger partial charge in [0.05, 0.1) is 7.11 Å². The van der Waals surface area contributed by atoms with E-state index < -0.39 is 0 Å². The van der Waals surface area contributed by atoms with Gasteiger partial charge in [-0.2, -0.15) is 0 Å². The number of ether oxygens (including phenoxy) is 1. The van der Waals surface area contributed by atoms with Crippen molar-refractivity contribution in [3.8, 4) is 11.5 Å². The van der Waals surface area contributed by atoms with E-state index in [1.165, 1.54) is 19.3 Å². The van der Waals surface area contributed by atoms with E-state index in [-0.39, 0.29) is 0 Å². The van der Waals surface area contributed by atoms with Crippen LogP contribution in [0.5, 0.6) is 11.5 Å². The topological polar surface area (TPSA) is 41.5 Å². The monoisotopic (exact) mass is 249 g/mol. The van der Waals surface area contributed by atoms with Crippen LogP contribution in [0.4, 0.5) is 0 Å². The molecule has 1 aromatic carbocycles. The molecule has 0 bridgehead atoms. The molecule has 0 aliphatic heterocycles. The standard InChI is InChI=1S/C15H23NO2/c1-15(2)8-4-5-14(15)16-10-11-9-12(18-3)6-7-13(11)17/h6-7,9,14,16-17H,4-5,8,10H2,1-3H3. The Kier molecular flexibility index (Phi) is 3.81. The fraction of sp³-hybridized carbons (Fsp3) is 0.600. The summed E-state index contributed by atoms with van der Waals surface area (Å²) in [5.41, 5.74) is 1.26. The van der Waals surface area contributed by atoms with Crippen LogP contribution in [0.3, 0.4) is 0 Å². The normalized spacial score (nSPS) is 22.1. The third-order valence-electron chi connectivity index (χ3n) is 4.08. The predicted octanol–water partition coefficient (Wildman–Crippen LogP) is 3.07. The minimum absolute atomic E-state index is 0.333. The number of nitrogens with one attached hydrogen (secondary N) is 1. The van der Waals surface area contributed by atoms with E-state index in [1.807, 2.05) is 6.07 Å². The second kappa shape index (κ2) is 5.19. The van der Waals surface area contributed by atoms with Crippen molar-refractivity contribution in [3.63, 3.8) is 0 Å². The Morgan fingerprint density at radius 2 is 2.22 bits per heavy atom. The highest BCUT2D eigenvalue weighted by Crippen LogP contribution is 2.37. The molecule has 0 amide bonds. The number of phenols is 1. The zero-order chi connectivity index (χ0) is 13.2. The van der Waals surface area contributed by atoms with E-state index in [9.17, 15) is 5.11 Å². The maximum Gasteiger partial charge on any atom is 0.120 e. The molecule has 1 fully saturated rings. The maximum atomic E-state index is 9.84. The minimum Gasteiger partial charge on any atom is -0.508 e. The van der Waals surface area contributed by atoms with Gasteiger partial charge in [-0.3, -0.25) is 0 Å². The highest BCUT2D eigenvalue weighted by Gasteiger charge is 2.33. The summed E-state index contributed by atoms with van der Waals surface area (Å²) in [4.78, 5) is 0. The molecule has 1 atom stereocenters. The lowest BCUT2D eigenvalue weighted by Crippen LogP contribution is -2.37. The second-order valence-electron chi connectivity index (χ2n) is 5.81. The van der Waals surface area contributed by atoms with Crippen LogP contribution >= 0.6 is 0 Å². The molecule has 18 heavy (non-hydrogen) atoms. The highest BCUT2D eigenvalue weighted by atomic mass is 16.5. The van der Waals surface area contributed by atoms with Crippen LogP contribution in [-0.4, -0.2) is 18.3 Å². The quantitative estimate of drug-likeness (QED) is 0.861. The number of phenolic OH excluding ortho intramolecular Hbond substituents is 1. The molecule has 0 radical (unpaired) electrons. The molecule has 100 valence electrons. The van der Waals surface area contributed by atoms with E-state index in [4.69, 9.17) is 4.74 Å². The lowest BCUT2D eigenvalue weighted by molar-refractivity contribution is 0.281. The van der Waals surface area contributed by atoms with Crippen LogP contribution in [0.1, 0.15) is 38.7 Å². The molecule has 0 saturated heterocycles. The van der Waals surface area contributed by atoms with E-state index >= 15 is 0 Å². The summed E-state index contributed by atoms with van der Waals surface area (Å²) < 4.78 is 5.18. The molecule has 2 N–H and O–H groups in total. The number of benzene rings is 1. The molecular formula is C15H23NO2. The first-order valence-corrected chi connectivity index (χ1v) is 6.62. The van der Waals surface area contributed by atoms with Gasteiger partial charge < -0.3 is 15.2 Å². The van der Waals surface area contributed by atoms with Crippen molar-refractivity contribution in [2.24, 2.45) is 5.41 Å². The molecule has 1 unspecified atom stereocenters. The molecule has 0 heterocycles. The first-order chi connectivity index (χ1) is 8.53. The Hall–Kier alpha value is -1.22. The Labute approximate surface area is 109 Å². The van der Waals surface area contributed by atoms with Crippen molar-refractivity contribution in [2.75, 3.05) is 7.11 Å². The predicted molar refractivity (Wildman–Crippen MR) is 72.9 cm³/mol. The Morgan fingerprint density at radius 1 is 1.44 bits per heavy atom. The fourth-order valence-corrected chi connectivity index (χ4v) is 2.77. The Bertz CT molecular complexity index is 415. The van der Waals surface area contributed by atoms with Gasteiger partial charge in [-0.15, -0.1) is 0 Å². The van der Waals surface area contributed by atoms with Crippen molar-refractivity contribution in [3.05, 3.63) is 23.8 Å². The molecule has 0 spiro atoms. The van der Waals surface area contributed by atoms with Crippen molar-refractivity contribution in [2.45, 2.75) is 45.7 Å². The van der Waals surface area contributed by atoms with Crippen molar-refractivity contribution < 1.29 is 9.84 Å². The number of rotatable bonds is 4. The number of hydrogen-bond acceptors (Lipinski definition) is 3. The van der Waals surface area contributed by atoms with Gasteiger partial charge in [-0.1, -0.05) is 20.3 Å². The van der Waals surface area contributed by atoms with E-state index in [0.717, 1.165) is 11.3 Å².